The van der Waals surface area contributed by atoms with E-state index in [1.807, 2.05) is 67.3 Å². The van der Waals surface area contributed by atoms with Crippen LogP contribution in [0.5, 0.6) is 0 Å². The zero-order valence-corrected chi connectivity index (χ0v) is 14.0. The van der Waals surface area contributed by atoms with Gasteiger partial charge in [0.05, 0.1) is 5.69 Å². The predicted octanol–water partition coefficient (Wildman–Crippen LogP) is 4.90. The fourth-order valence-electron chi connectivity index (χ4n) is 3.22. The monoisotopic (exact) mass is 320 g/mol. The summed E-state index contributed by atoms with van der Waals surface area (Å²) in [7, 11) is 1.92. The van der Waals surface area contributed by atoms with Crippen LogP contribution in [0.4, 0.5) is 0 Å². The molecule has 0 radical (unpaired) electrons. The van der Waals surface area contributed by atoms with Gasteiger partial charge in [-0.1, -0.05) is 32.0 Å². The standard InChI is InChI=1S/C21H21N2O/c1-13(2)15-9-10-18(23(4)12-15)20-14(3)22-11-17-16-7-5-6-8-19(16)24-21(17)20/h5-13H,1-4H3/q+1/i1D3. The minimum Gasteiger partial charge on any atom is -0.455 e. The van der Waals surface area contributed by atoms with Gasteiger partial charge in [0.1, 0.15) is 18.2 Å². The van der Waals surface area contributed by atoms with Gasteiger partial charge in [0.2, 0.25) is 5.69 Å². The molecule has 1 unspecified atom stereocenters. The number of aromatic nitrogens is 2. The number of hydrogen-bond donors (Lipinski definition) is 0. The minimum absolute atomic E-state index is 0.529. The molecule has 4 rings (SSSR count). The second kappa shape index (κ2) is 5.45. The maximum absolute atomic E-state index is 7.67. The van der Waals surface area contributed by atoms with E-state index in [0.717, 1.165) is 44.5 Å². The number of hydrogen-bond acceptors (Lipinski definition) is 2. The Morgan fingerprint density at radius 2 is 2.00 bits per heavy atom. The van der Waals surface area contributed by atoms with Gasteiger partial charge in [0.25, 0.3) is 0 Å². The first kappa shape index (κ1) is 11.8. The van der Waals surface area contributed by atoms with E-state index >= 15 is 0 Å². The fraction of sp³-hybridized carbons (Fsp3) is 0.238. The van der Waals surface area contributed by atoms with Crippen LogP contribution >= 0.6 is 0 Å². The van der Waals surface area contributed by atoms with Crippen LogP contribution in [0.25, 0.3) is 33.2 Å². The molecule has 4 aromatic rings. The summed E-state index contributed by atoms with van der Waals surface area (Å²) in [5.74, 6) is -0.529. The van der Waals surface area contributed by atoms with Crippen LogP contribution in [0.15, 0.2) is 53.2 Å². The summed E-state index contributed by atoms with van der Waals surface area (Å²) < 4.78 is 31.1. The molecule has 0 saturated heterocycles. The van der Waals surface area contributed by atoms with Crippen molar-refractivity contribution in [3.63, 3.8) is 0 Å². The van der Waals surface area contributed by atoms with Crippen molar-refractivity contribution in [3.8, 4) is 11.3 Å². The van der Waals surface area contributed by atoms with Crippen molar-refractivity contribution >= 4 is 21.9 Å². The third kappa shape index (κ3) is 2.20. The molecule has 0 aliphatic rings. The van der Waals surface area contributed by atoms with Gasteiger partial charge in [-0.15, -0.1) is 0 Å². The molecule has 3 heteroatoms. The number of rotatable bonds is 2. The van der Waals surface area contributed by atoms with E-state index in [2.05, 4.69) is 4.98 Å². The number of fused-ring (bicyclic) bond motifs is 3. The lowest BCUT2D eigenvalue weighted by Crippen LogP contribution is -2.31. The lowest BCUT2D eigenvalue weighted by Gasteiger charge is -2.08. The molecule has 3 heterocycles. The van der Waals surface area contributed by atoms with E-state index in [0.29, 0.717) is 0 Å². The molecular formula is C21H21N2O+. The van der Waals surface area contributed by atoms with Crippen LogP contribution in [0, 0.1) is 6.92 Å². The second-order valence-electron chi connectivity index (χ2n) is 6.24. The van der Waals surface area contributed by atoms with Gasteiger partial charge in [0.15, 0.2) is 11.8 Å². The Hall–Kier alpha value is -2.68. The summed E-state index contributed by atoms with van der Waals surface area (Å²) in [6.45, 7) is 1.67. The van der Waals surface area contributed by atoms with E-state index in [4.69, 9.17) is 8.53 Å². The first-order chi connectivity index (χ1) is 12.8. The molecule has 3 aromatic heterocycles. The van der Waals surface area contributed by atoms with Gasteiger partial charge in [0, 0.05) is 32.7 Å². The van der Waals surface area contributed by atoms with Crippen LogP contribution in [0.2, 0.25) is 0 Å². The van der Waals surface area contributed by atoms with Crippen LogP contribution in [0.1, 0.15) is 35.1 Å². The topological polar surface area (TPSA) is 29.9 Å². The quantitative estimate of drug-likeness (QED) is 0.491. The third-order valence-electron chi connectivity index (χ3n) is 4.52. The molecule has 0 spiro atoms. The second-order valence-corrected chi connectivity index (χ2v) is 6.24. The molecule has 0 saturated carbocycles. The number of nitrogens with zero attached hydrogens (tertiary/aromatic N) is 2. The molecule has 1 aromatic carbocycles. The van der Waals surface area contributed by atoms with E-state index in [1.165, 1.54) is 0 Å². The summed E-state index contributed by atoms with van der Waals surface area (Å²) in [6.07, 6.45) is 3.73. The van der Waals surface area contributed by atoms with Gasteiger partial charge in [-0.2, -0.15) is 0 Å². The molecule has 0 fully saturated rings. The van der Waals surface area contributed by atoms with E-state index < -0.39 is 12.8 Å². The normalized spacial score (nSPS) is 15.2. The third-order valence-corrected chi connectivity index (χ3v) is 4.52. The van der Waals surface area contributed by atoms with Gasteiger partial charge >= 0.3 is 0 Å². The molecule has 0 amide bonds. The van der Waals surface area contributed by atoms with Crippen molar-refractivity contribution in [1.82, 2.24) is 4.98 Å². The number of benzene rings is 1. The molecule has 3 nitrogen and oxygen atoms in total. The fourth-order valence-corrected chi connectivity index (χ4v) is 3.22. The zero-order chi connectivity index (χ0) is 19.3. The van der Waals surface area contributed by atoms with Crippen molar-refractivity contribution in [2.45, 2.75) is 26.6 Å². The Labute approximate surface area is 145 Å². The smallest absolute Gasteiger partial charge is 0.217 e. The Morgan fingerprint density at radius 3 is 2.79 bits per heavy atom. The molecule has 1 atom stereocenters. The highest BCUT2D eigenvalue weighted by atomic mass is 16.3. The van der Waals surface area contributed by atoms with Crippen LogP contribution in [-0.4, -0.2) is 4.98 Å². The highest BCUT2D eigenvalue weighted by Gasteiger charge is 2.21. The maximum atomic E-state index is 7.67. The highest BCUT2D eigenvalue weighted by Crippen LogP contribution is 2.35. The Bertz CT molecular complexity index is 1160. The molecule has 0 aliphatic heterocycles. The number of aryl methyl sites for hydroxylation is 2. The molecule has 120 valence electrons. The molecule has 0 N–H and O–H groups in total. The van der Waals surface area contributed by atoms with Gasteiger partial charge in [-0.25, -0.2) is 4.57 Å². The van der Waals surface area contributed by atoms with Crippen LogP contribution in [0.3, 0.4) is 0 Å². The van der Waals surface area contributed by atoms with Crippen molar-refractivity contribution < 1.29 is 13.1 Å². The van der Waals surface area contributed by atoms with Crippen molar-refractivity contribution in [1.29, 1.82) is 0 Å². The molecule has 0 aliphatic carbocycles. The van der Waals surface area contributed by atoms with Gasteiger partial charge in [-0.05, 0) is 25.0 Å². The van der Waals surface area contributed by atoms with Crippen molar-refractivity contribution in [2.75, 3.05) is 0 Å². The van der Waals surface area contributed by atoms with Gasteiger partial charge < -0.3 is 4.42 Å². The summed E-state index contributed by atoms with van der Waals surface area (Å²) in [4.78, 5) is 4.58. The van der Waals surface area contributed by atoms with E-state index in [-0.39, 0.29) is 0 Å². The molecular weight excluding hydrogens is 296 g/mol. The predicted molar refractivity (Wildman–Crippen MR) is 97.0 cm³/mol. The summed E-state index contributed by atoms with van der Waals surface area (Å²) in [5, 5.41) is 2.02. The SMILES string of the molecule is [2H]C([2H])([2H])C(C)c1ccc(-c2c(C)ncc3c2oc2ccccc23)[n+](C)c1. The lowest BCUT2D eigenvalue weighted by molar-refractivity contribution is -0.660. The van der Waals surface area contributed by atoms with Crippen LogP contribution < -0.4 is 4.57 Å². The largest absolute Gasteiger partial charge is 0.455 e. The summed E-state index contributed by atoms with van der Waals surface area (Å²) in [5.41, 5.74) is 5.15. The summed E-state index contributed by atoms with van der Waals surface area (Å²) in [6, 6.07) is 11.8. The average Bonchev–Trinajstić information content (AvgIpc) is 2.99. The van der Waals surface area contributed by atoms with E-state index in [9.17, 15) is 0 Å². The molecule has 0 bridgehead atoms. The number of para-hydroxylation sites is 1. The Kier molecular flexibility index (Phi) is 2.68. The highest BCUT2D eigenvalue weighted by molar-refractivity contribution is 6.08. The average molecular weight is 320 g/mol. The first-order valence-corrected chi connectivity index (χ1v) is 8.04. The lowest BCUT2D eigenvalue weighted by atomic mass is 10.0. The first-order valence-electron chi connectivity index (χ1n) is 9.54. The number of pyridine rings is 2. The molecule has 24 heavy (non-hydrogen) atoms. The zero-order valence-electron chi connectivity index (χ0n) is 17.0. The Balaban J connectivity index is 1.93. The Morgan fingerprint density at radius 1 is 1.17 bits per heavy atom. The van der Waals surface area contributed by atoms with Gasteiger partial charge in [-0.3, -0.25) is 4.98 Å². The van der Waals surface area contributed by atoms with E-state index in [1.54, 1.807) is 6.92 Å². The summed E-state index contributed by atoms with van der Waals surface area (Å²) >= 11 is 0. The minimum atomic E-state index is -2.02. The maximum Gasteiger partial charge on any atom is 0.217 e. The van der Waals surface area contributed by atoms with Crippen molar-refractivity contribution in [2.24, 2.45) is 7.05 Å². The number of furan rings is 1. The van der Waals surface area contributed by atoms with Crippen LogP contribution in [-0.2, 0) is 7.05 Å². The van der Waals surface area contributed by atoms with Crippen molar-refractivity contribution in [3.05, 3.63) is 60.0 Å².